The number of nitrogens with one attached hydrogen (secondary N) is 1. The second-order valence-corrected chi connectivity index (χ2v) is 4.32. The first kappa shape index (κ1) is 13.7. The number of benzene rings is 1. The van der Waals surface area contributed by atoms with Crippen LogP contribution in [0.25, 0.3) is 0 Å². The molecule has 0 unspecified atom stereocenters. The van der Waals surface area contributed by atoms with Crippen LogP contribution in [-0.2, 0) is 0 Å². The molecule has 1 aromatic carbocycles. The van der Waals surface area contributed by atoms with Crippen molar-refractivity contribution in [2.45, 2.75) is 13.8 Å². The van der Waals surface area contributed by atoms with Gasteiger partial charge >= 0.3 is 5.97 Å². The van der Waals surface area contributed by atoms with E-state index in [2.05, 4.69) is 15.5 Å². The third-order valence-corrected chi connectivity index (χ3v) is 2.88. The number of rotatable bonds is 3. The molecule has 102 valence electrons. The van der Waals surface area contributed by atoms with E-state index in [9.17, 15) is 14.7 Å². The van der Waals surface area contributed by atoms with Gasteiger partial charge in [-0.3, -0.25) is 4.79 Å². The van der Waals surface area contributed by atoms with Gasteiger partial charge < -0.3 is 10.4 Å². The number of carbonyl (C=O) groups excluding carboxylic acids is 1. The van der Waals surface area contributed by atoms with Crippen LogP contribution in [0.5, 0.6) is 0 Å². The van der Waals surface area contributed by atoms with Gasteiger partial charge in [0.1, 0.15) is 0 Å². The Morgan fingerprint density at radius 3 is 2.30 bits per heavy atom. The highest BCUT2D eigenvalue weighted by molar-refractivity contribution is 6.11. The minimum Gasteiger partial charge on any atom is -0.478 e. The first-order chi connectivity index (χ1) is 9.50. The summed E-state index contributed by atoms with van der Waals surface area (Å²) in [5.41, 5.74) is 1.27. The average molecular weight is 271 g/mol. The maximum atomic E-state index is 12.3. The molecule has 0 saturated heterocycles. The first-order valence-corrected chi connectivity index (χ1v) is 5.93. The molecule has 1 heterocycles. The van der Waals surface area contributed by atoms with Crippen molar-refractivity contribution < 1.29 is 14.7 Å². The van der Waals surface area contributed by atoms with E-state index in [0.717, 1.165) is 0 Å². The van der Waals surface area contributed by atoms with Crippen LogP contribution in [0.1, 0.15) is 31.8 Å². The van der Waals surface area contributed by atoms with Crippen molar-refractivity contribution in [2.24, 2.45) is 0 Å². The lowest BCUT2D eigenvalue weighted by Crippen LogP contribution is -2.19. The Morgan fingerprint density at radius 1 is 1.10 bits per heavy atom. The van der Waals surface area contributed by atoms with Crippen LogP contribution < -0.4 is 5.32 Å². The number of nitrogens with zero attached hydrogens (tertiary/aromatic N) is 2. The molecule has 1 aromatic heterocycles. The van der Waals surface area contributed by atoms with E-state index < -0.39 is 11.9 Å². The van der Waals surface area contributed by atoms with E-state index in [1.807, 2.05) is 0 Å². The largest absolute Gasteiger partial charge is 0.478 e. The predicted molar refractivity (Wildman–Crippen MR) is 72.9 cm³/mol. The molecule has 0 saturated carbocycles. The van der Waals surface area contributed by atoms with Crippen LogP contribution in [0.3, 0.4) is 0 Å². The summed E-state index contributed by atoms with van der Waals surface area (Å²) < 4.78 is 0. The first-order valence-electron chi connectivity index (χ1n) is 5.93. The summed E-state index contributed by atoms with van der Waals surface area (Å²) in [5, 5.41) is 19.2. The lowest BCUT2D eigenvalue weighted by molar-refractivity contribution is 0.0691. The molecule has 6 nitrogen and oxygen atoms in total. The quantitative estimate of drug-likeness (QED) is 0.891. The molecular weight excluding hydrogens is 258 g/mol. The number of aromatic carboxylic acids is 1. The fraction of sp³-hybridized carbons (Fsp3) is 0.143. The number of amides is 1. The van der Waals surface area contributed by atoms with Crippen LogP contribution in [0, 0.1) is 13.8 Å². The molecule has 0 atom stereocenters. The summed E-state index contributed by atoms with van der Waals surface area (Å²) in [7, 11) is 0. The van der Waals surface area contributed by atoms with Crippen molar-refractivity contribution in [1.29, 1.82) is 0 Å². The molecule has 0 radical (unpaired) electrons. The Kier molecular flexibility index (Phi) is 3.74. The van der Waals surface area contributed by atoms with Crippen LogP contribution in [0.2, 0.25) is 0 Å². The van der Waals surface area contributed by atoms with Gasteiger partial charge in [-0.05, 0) is 37.1 Å². The van der Waals surface area contributed by atoms with Crippen molar-refractivity contribution in [3.63, 3.8) is 0 Å². The van der Waals surface area contributed by atoms with Crippen molar-refractivity contribution in [2.75, 3.05) is 5.32 Å². The molecule has 0 aliphatic carbocycles. The monoisotopic (exact) mass is 271 g/mol. The highest BCUT2D eigenvalue weighted by Crippen LogP contribution is 2.20. The van der Waals surface area contributed by atoms with Crippen LogP contribution in [0.4, 0.5) is 5.82 Å². The molecule has 0 bridgehead atoms. The number of hydrogen-bond donors (Lipinski definition) is 2. The molecule has 20 heavy (non-hydrogen) atoms. The van der Waals surface area contributed by atoms with Crippen molar-refractivity contribution in [3.8, 4) is 0 Å². The fourth-order valence-electron chi connectivity index (χ4n) is 1.93. The summed E-state index contributed by atoms with van der Waals surface area (Å²) in [5.74, 6) is -1.37. The summed E-state index contributed by atoms with van der Waals surface area (Å²) in [6, 6.07) is 6.60. The Hall–Kier alpha value is -2.76. The number of carbonyl (C=O) groups is 2. The molecule has 2 rings (SSSR count). The van der Waals surface area contributed by atoms with Gasteiger partial charge in [0, 0.05) is 6.20 Å². The van der Waals surface area contributed by atoms with Gasteiger partial charge in [0.05, 0.1) is 11.1 Å². The second kappa shape index (κ2) is 5.48. The van der Waals surface area contributed by atoms with Crippen molar-refractivity contribution in [3.05, 3.63) is 52.7 Å². The molecule has 0 aliphatic rings. The van der Waals surface area contributed by atoms with Crippen LogP contribution in [0.15, 0.2) is 30.5 Å². The van der Waals surface area contributed by atoms with E-state index in [1.54, 1.807) is 38.1 Å². The maximum Gasteiger partial charge on any atom is 0.336 e. The van der Waals surface area contributed by atoms with Crippen LogP contribution in [-0.4, -0.2) is 27.2 Å². The van der Waals surface area contributed by atoms with Gasteiger partial charge in [-0.25, -0.2) is 4.79 Å². The predicted octanol–water partition coefficient (Wildman–Crippen LogP) is 2.04. The molecule has 6 heteroatoms. The zero-order valence-electron chi connectivity index (χ0n) is 11.0. The molecule has 0 spiro atoms. The normalized spacial score (nSPS) is 10.1. The Labute approximate surface area is 115 Å². The van der Waals surface area contributed by atoms with E-state index in [0.29, 0.717) is 11.1 Å². The summed E-state index contributed by atoms with van der Waals surface area (Å²) in [6.07, 6.45) is 1.48. The lowest BCUT2D eigenvalue weighted by Gasteiger charge is -2.12. The molecule has 2 aromatic rings. The van der Waals surface area contributed by atoms with Gasteiger partial charge in [-0.2, -0.15) is 5.10 Å². The number of anilines is 1. The van der Waals surface area contributed by atoms with E-state index in [1.165, 1.54) is 6.20 Å². The second-order valence-electron chi connectivity index (χ2n) is 4.32. The SMILES string of the molecule is Cc1ccc(C)c(C(=O)Nc2cccnn2)c1C(=O)O. The Morgan fingerprint density at radius 2 is 1.75 bits per heavy atom. The van der Waals surface area contributed by atoms with Crippen molar-refractivity contribution >= 4 is 17.7 Å². The topological polar surface area (TPSA) is 92.2 Å². The number of aromatic nitrogens is 2. The standard InChI is InChI=1S/C14H13N3O3/c1-8-5-6-9(2)12(14(19)20)11(8)13(18)16-10-4-3-7-15-17-10/h3-7H,1-2H3,(H,19,20)(H,16,17,18). The summed E-state index contributed by atoms with van der Waals surface area (Å²) in [4.78, 5) is 23.6. The molecule has 1 amide bonds. The zero-order chi connectivity index (χ0) is 14.7. The maximum absolute atomic E-state index is 12.3. The van der Waals surface area contributed by atoms with Crippen molar-refractivity contribution in [1.82, 2.24) is 10.2 Å². The third kappa shape index (κ3) is 2.64. The highest BCUT2D eigenvalue weighted by atomic mass is 16.4. The Balaban J connectivity index is 2.44. The summed E-state index contributed by atoms with van der Waals surface area (Å²) in [6.45, 7) is 3.35. The van der Waals surface area contributed by atoms with Gasteiger partial charge in [0.15, 0.2) is 5.82 Å². The molecule has 2 N–H and O–H groups in total. The van der Waals surface area contributed by atoms with Crippen LogP contribution >= 0.6 is 0 Å². The summed E-state index contributed by atoms with van der Waals surface area (Å²) >= 11 is 0. The van der Waals surface area contributed by atoms with Gasteiger partial charge in [0.25, 0.3) is 5.91 Å². The van der Waals surface area contributed by atoms with Gasteiger partial charge in [-0.1, -0.05) is 12.1 Å². The number of carboxylic acids is 1. The molecule has 0 aliphatic heterocycles. The average Bonchev–Trinajstić information content (AvgIpc) is 2.41. The minimum absolute atomic E-state index is 0.00592. The van der Waals surface area contributed by atoms with E-state index in [-0.39, 0.29) is 16.9 Å². The number of aryl methyl sites for hydroxylation is 2. The van der Waals surface area contributed by atoms with E-state index >= 15 is 0 Å². The smallest absolute Gasteiger partial charge is 0.336 e. The van der Waals surface area contributed by atoms with Gasteiger partial charge in [-0.15, -0.1) is 5.10 Å². The molecular formula is C14H13N3O3. The number of carboxylic acid groups (broad SMARTS) is 1. The zero-order valence-corrected chi connectivity index (χ0v) is 11.0. The Bertz CT molecular complexity index is 669. The van der Waals surface area contributed by atoms with Gasteiger partial charge in [0.2, 0.25) is 0 Å². The number of hydrogen-bond acceptors (Lipinski definition) is 4. The molecule has 0 fully saturated rings. The van der Waals surface area contributed by atoms with E-state index in [4.69, 9.17) is 0 Å². The highest BCUT2D eigenvalue weighted by Gasteiger charge is 2.21. The lowest BCUT2D eigenvalue weighted by atomic mass is 9.96. The minimum atomic E-state index is -1.13. The fourth-order valence-corrected chi connectivity index (χ4v) is 1.93. The third-order valence-electron chi connectivity index (χ3n) is 2.88.